The van der Waals surface area contributed by atoms with Gasteiger partial charge in [0.15, 0.2) is 0 Å². The van der Waals surface area contributed by atoms with Crippen molar-refractivity contribution in [2.75, 3.05) is 19.7 Å². The van der Waals surface area contributed by atoms with E-state index in [-0.39, 0.29) is 12.4 Å². The Morgan fingerprint density at radius 1 is 1.12 bits per heavy atom. The summed E-state index contributed by atoms with van der Waals surface area (Å²) in [6, 6.07) is 16.3. The van der Waals surface area contributed by atoms with Gasteiger partial charge in [0.2, 0.25) is 0 Å². The minimum atomic E-state index is -0.461. The lowest BCUT2D eigenvalue weighted by Crippen LogP contribution is -2.34. The zero-order chi connectivity index (χ0) is 16.9. The van der Waals surface area contributed by atoms with E-state index in [1.54, 1.807) is 11.9 Å². The lowest BCUT2D eigenvalue weighted by atomic mass is 10.0. The van der Waals surface area contributed by atoms with E-state index >= 15 is 0 Å². The number of benzene rings is 2. The van der Waals surface area contributed by atoms with E-state index in [0.29, 0.717) is 6.61 Å². The van der Waals surface area contributed by atoms with Crippen LogP contribution in [-0.2, 0) is 6.42 Å². The molecule has 134 valence electrons. The quantitative estimate of drug-likeness (QED) is 0.775. The fourth-order valence-electron chi connectivity index (χ4n) is 2.65. The summed E-state index contributed by atoms with van der Waals surface area (Å²) in [4.78, 5) is 4.43. The van der Waals surface area contributed by atoms with Gasteiger partial charge in [0.05, 0.1) is 19.2 Å². The van der Waals surface area contributed by atoms with Crippen LogP contribution in [0.4, 0.5) is 0 Å². The van der Waals surface area contributed by atoms with E-state index in [1.807, 2.05) is 24.3 Å². The van der Waals surface area contributed by atoms with Gasteiger partial charge in [0, 0.05) is 5.56 Å². The van der Waals surface area contributed by atoms with E-state index in [4.69, 9.17) is 10.6 Å². The summed E-state index contributed by atoms with van der Waals surface area (Å²) in [5.74, 6) is 7.54. The molecule has 0 fully saturated rings. The predicted molar refractivity (Wildman–Crippen MR) is 102 cm³/mol. The number of nitrogens with two attached hydrogens (primary N) is 1. The Bertz CT molecular complexity index is 700. The Labute approximate surface area is 154 Å². The average molecular weight is 362 g/mol. The van der Waals surface area contributed by atoms with E-state index in [9.17, 15) is 5.11 Å². The number of hydrogen-bond acceptors (Lipinski definition) is 5. The maximum atomic E-state index is 9.24. The molecule has 3 N–H and O–H groups in total. The first-order valence-corrected chi connectivity index (χ1v) is 8.17. The molecule has 0 saturated carbocycles. The van der Waals surface area contributed by atoms with Gasteiger partial charge in [-0.15, -0.1) is 12.4 Å². The molecule has 0 saturated heterocycles. The van der Waals surface area contributed by atoms with Crippen molar-refractivity contribution in [2.24, 2.45) is 10.8 Å². The number of rotatable bonds is 6. The Balaban J connectivity index is 0.00000225. The van der Waals surface area contributed by atoms with Crippen molar-refractivity contribution in [1.82, 2.24) is 5.01 Å². The van der Waals surface area contributed by atoms with E-state index < -0.39 is 6.10 Å². The second-order valence-electron chi connectivity index (χ2n) is 6.08. The Morgan fingerprint density at radius 3 is 2.24 bits per heavy atom. The number of ether oxygens (including phenoxy) is 1. The summed E-state index contributed by atoms with van der Waals surface area (Å²) in [5, 5.41) is 10.9. The van der Waals surface area contributed by atoms with Gasteiger partial charge in [0.25, 0.3) is 0 Å². The van der Waals surface area contributed by atoms with Crippen molar-refractivity contribution >= 4 is 18.2 Å². The van der Waals surface area contributed by atoms with Crippen molar-refractivity contribution in [1.29, 1.82) is 0 Å². The third-order valence-corrected chi connectivity index (χ3v) is 3.91. The van der Waals surface area contributed by atoms with Gasteiger partial charge in [-0.25, -0.2) is 5.84 Å². The average Bonchev–Trinajstić information content (AvgIpc) is 3.01. The smallest absolute Gasteiger partial charge is 0.145 e. The largest absolute Gasteiger partial charge is 0.491 e. The molecule has 5 nitrogen and oxygen atoms in total. The highest BCUT2D eigenvalue weighted by Crippen LogP contribution is 2.17. The molecular weight excluding hydrogens is 338 g/mol. The van der Waals surface area contributed by atoms with Crippen LogP contribution in [-0.4, -0.2) is 41.8 Å². The van der Waals surface area contributed by atoms with Crippen LogP contribution in [0.1, 0.15) is 23.6 Å². The molecule has 0 spiro atoms. The third-order valence-electron chi connectivity index (χ3n) is 3.91. The van der Waals surface area contributed by atoms with Crippen LogP contribution < -0.4 is 10.6 Å². The molecule has 1 aliphatic rings. The highest BCUT2D eigenvalue weighted by Gasteiger charge is 2.14. The maximum absolute atomic E-state index is 9.24. The summed E-state index contributed by atoms with van der Waals surface area (Å²) in [5.41, 5.74) is 3.50. The number of amidine groups is 1. The van der Waals surface area contributed by atoms with Crippen molar-refractivity contribution in [3.05, 3.63) is 65.2 Å². The number of hydrazine groups is 1. The molecule has 6 heteroatoms. The first-order chi connectivity index (χ1) is 11.6. The SMILES string of the molecule is CC(O)COc1ccc(Cc2ccc(C3=NCCN3N)cc2)cc1.Cl. The fraction of sp³-hybridized carbons (Fsp3) is 0.316. The molecule has 0 amide bonds. The molecule has 0 bridgehead atoms. The van der Waals surface area contributed by atoms with Gasteiger partial charge in [-0.2, -0.15) is 0 Å². The fourth-order valence-corrected chi connectivity index (χ4v) is 2.65. The lowest BCUT2D eigenvalue weighted by Gasteiger charge is -2.13. The van der Waals surface area contributed by atoms with Crippen LogP contribution in [0.3, 0.4) is 0 Å². The van der Waals surface area contributed by atoms with Crippen LogP contribution >= 0.6 is 12.4 Å². The van der Waals surface area contributed by atoms with Crippen LogP contribution in [0, 0.1) is 0 Å². The number of nitrogens with zero attached hydrogens (tertiary/aromatic N) is 2. The van der Waals surface area contributed by atoms with E-state index in [2.05, 4.69) is 29.3 Å². The first kappa shape index (κ1) is 19.2. The molecule has 1 aliphatic heterocycles. The maximum Gasteiger partial charge on any atom is 0.145 e. The lowest BCUT2D eigenvalue weighted by molar-refractivity contribution is 0.122. The Morgan fingerprint density at radius 2 is 1.72 bits per heavy atom. The third kappa shape index (κ3) is 5.19. The molecule has 3 rings (SSSR count). The number of aliphatic hydroxyl groups excluding tert-OH is 1. The van der Waals surface area contributed by atoms with E-state index in [1.165, 1.54) is 11.1 Å². The van der Waals surface area contributed by atoms with Crippen LogP contribution in [0.2, 0.25) is 0 Å². The van der Waals surface area contributed by atoms with Crippen molar-refractivity contribution < 1.29 is 9.84 Å². The summed E-state index contributed by atoms with van der Waals surface area (Å²) >= 11 is 0. The molecule has 1 heterocycles. The normalized spacial score (nSPS) is 14.7. The van der Waals surface area contributed by atoms with Crippen molar-refractivity contribution in [3.63, 3.8) is 0 Å². The minimum Gasteiger partial charge on any atom is -0.491 e. The van der Waals surface area contributed by atoms with Gasteiger partial charge in [0.1, 0.15) is 18.2 Å². The highest BCUT2D eigenvalue weighted by molar-refractivity contribution is 5.99. The Hall–Kier alpha value is -2.08. The second kappa shape index (κ2) is 8.85. The van der Waals surface area contributed by atoms with Crippen LogP contribution in [0.15, 0.2) is 53.5 Å². The topological polar surface area (TPSA) is 71.1 Å². The second-order valence-corrected chi connectivity index (χ2v) is 6.08. The monoisotopic (exact) mass is 361 g/mol. The number of halogens is 1. The highest BCUT2D eigenvalue weighted by atomic mass is 35.5. The van der Waals surface area contributed by atoms with Gasteiger partial charge in [-0.1, -0.05) is 36.4 Å². The van der Waals surface area contributed by atoms with Gasteiger partial charge >= 0.3 is 0 Å². The summed E-state index contributed by atoms with van der Waals surface area (Å²) in [7, 11) is 0. The molecular formula is C19H24ClN3O2. The molecule has 25 heavy (non-hydrogen) atoms. The summed E-state index contributed by atoms with van der Waals surface area (Å²) < 4.78 is 5.48. The van der Waals surface area contributed by atoms with Crippen LogP contribution in [0.25, 0.3) is 0 Å². The zero-order valence-corrected chi connectivity index (χ0v) is 15.1. The number of aliphatic imine (C=N–C) groups is 1. The number of hydrogen-bond donors (Lipinski definition) is 2. The molecule has 2 aromatic carbocycles. The molecule has 1 unspecified atom stereocenters. The van der Waals surface area contributed by atoms with E-state index in [0.717, 1.165) is 36.7 Å². The molecule has 1 atom stereocenters. The van der Waals surface area contributed by atoms with Gasteiger partial charge in [-0.3, -0.25) is 10.0 Å². The van der Waals surface area contributed by atoms with Crippen molar-refractivity contribution in [3.8, 4) is 5.75 Å². The predicted octanol–water partition coefficient (Wildman–Crippen LogP) is 2.39. The first-order valence-electron chi connectivity index (χ1n) is 8.17. The van der Waals surface area contributed by atoms with Crippen molar-refractivity contribution in [2.45, 2.75) is 19.4 Å². The van der Waals surface area contributed by atoms with Gasteiger partial charge < -0.3 is 9.84 Å². The van der Waals surface area contributed by atoms with Gasteiger partial charge in [-0.05, 0) is 36.6 Å². The Kier molecular flexibility index (Phi) is 6.82. The molecule has 0 aromatic heterocycles. The van der Waals surface area contributed by atoms with Crippen LogP contribution in [0.5, 0.6) is 5.75 Å². The molecule has 2 aromatic rings. The standard InChI is InChI=1S/C19H23N3O2.ClH/c1-14(23)13-24-18-8-4-16(5-9-18)12-15-2-6-17(7-3-15)19-21-10-11-22(19)20;/h2-9,14,23H,10-13,20H2,1H3;1H. The minimum absolute atomic E-state index is 0. The summed E-state index contributed by atoms with van der Waals surface area (Å²) in [6.07, 6.45) is 0.396. The number of aliphatic hydroxyl groups is 1. The molecule has 0 aliphatic carbocycles. The summed E-state index contributed by atoms with van der Waals surface area (Å²) in [6.45, 7) is 3.56. The molecule has 0 radical (unpaired) electrons. The zero-order valence-electron chi connectivity index (χ0n) is 14.3.